The third-order valence-corrected chi connectivity index (χ3v) is 8.60. The molecule has 1 fully saturated rings. The number of benzene rings is 2. The van der Waals surface area contributed by atoms with Crippen LogP contribution >= 0.6 is 22.2 Å². The van der Waals surface area contributed by atoms with Gasteiger partial charge < -0.3 is 20.4 Å². The van der Waals surface area contributed by atoms with Crippen molar-refractivity contribution in [3.63, 3.8) is 0 Å². The summed E-state index contributed by atoms with van der Waals surface area (Å²) in [4.78, 5) is 18.6. The molecule has 5 N–H and O–H groups in total. The predicted octanol–water partition coefficient (Wildman–Crippen LogP) is 5.76. The van der Waals surface area contributed by atoms with Crippen LogP contribution in [0.25, 0.3) is 11.4 Å². The normalized spacial score (nSPS) is 17.4. The van der Waals surface area contributed by atoms with Gasteiger partial charge in [-0.1, -0.05) is 17.5 Å². The summed E-state index contributed by atoms with van der Waals surface area (Å²) in [6, 6.07) is 8.08. The molecule has 3 aromatic rings. The number of aromatic nitrogens is 2. The number of rotatable bonds is 7. The van der Waals surface area contributed by atoms with Crippen LogP contribution in [0.5, 0.6) is 5.75 Å². The second-order valence-electron chi connectivity index (χ2n) is 8.93. The minimum absolute atomic E-state index is 0.0728. The van der Waals surface area contributed by atoms with Gasteiger partial charge in [0.1, 0.15) is 23.1 Å². The maximum Gasteiger partial charge on any atom is 0.432 e. The lowest BCUT2D eigenvalue weighted by Gasteiger charge is -2.44. The third kappa shape index (κ3) is 7.67. The van der Waals surface area contributed by atoms with E-state index in [1.54, 1.807) is 0 Å². The summed E-state index contributed by atoms with van der Waals surface area (Å²) in [5.74, 6) is 3.97. The highest BCUT2D eigenvalue weighted by molar-refractivity contribution is 8.24. The van der Waals surface area contributed by atoms with Crippen LogP contribution in [-0.2, 0) is 11.0 Å². The molecule has 1 unspecified atom stereocenters. The Morgan fingerprint density at radius 2 is 2.05 bits per heavy atom. The lowest BCUT2D eigenvalue weighted by molar-refractivity contribution is -0.140. The Hall–Kier alpha value is -3.28. The number of alkyl halides is 3. The molecule has 2 aromatic carbocycles. The number of hydrogen-bond donors (Lipinski definition) is 5. The Labute approximate surface area is 233 Å². The number of amides is 1. The van der Waals surface area contributed by atoms with Gasteiger partial charge in [-0.05, 0) is 49.2 Å². The summed E-state index contributed by atoms with van der Waals surface area (Å²) in [6.45, 7) is 1.20. The van der Waals surface area contributed by atoms with Crippen LogP contribution in [0.3, 0.4) is 0 Å². The molecular formula is C26H25ClF4N4O4S. The summed E-state index contributed by atoms with van der Waals surface area (Å²) in [5, 5.41) is 5.24. The summed E-state index contributed by atoms with van der Waals surface area (Å²) >= 11 is 5.74. The molecule has 14 heteroatoms. The third-order valence-electron chi connectivity index (χ3n) is 6.04. The van der Waals surface area contributed by atoms with E-state index in [4.69, 9.17) is 16.3 Å². The van der Waals surface area contributed by atoms with Crippen molar-refractivity contribution in [3.8, 4) is 29.0 Å². The molecule has 1 saturated heterocycles. The fourth-order valence-electron chi connectivity index (χ4n) is 3.94. The second kappa shape index (κ2) is 12.5. The maximum atomic E-state index is 13.4. The van der Waals surface area contributed by atoms with E-state index in [0.29, 0.717) is 43.4 Å². The maximum absolute atomic E-state index is 13.4. The monoisotopic (exact) mass is 600 g/mol. The van der Waals surface area contributed by atoms with Crippen LogP contribution in [0.15, 0.2) is 42.6 Å². The molecule has 0 bridgehead atoms. The van der Waals surface area contributed by atoms with Crippen LogP contribution in [0.2, 0.25) is 5.02 Å². The number of nitrogens with zero attached hydrogens (tertiary/aromatic N) is 1. The Morgan fingerprint density at radius 1 is 1.25 bits per heavy atom. The van der Waals surface area contributed by atoms with Crippen LogP contribution in [0.4, 0.5) is 23.2 Å². The number of ether oxygens (including phenoxy) is 1. The summed E-state index contributed by atoms with van der Waals surface area (Å²) in [7, 11) is -2.68. The Balaban J connectivity index is 1.51. The SMILES string of the molecule is O=C(C#Cc1ccc(F)c(Cl)c1)Nc1cc(-c2ncc(C(F)(F)F)[nH]2)ccc1OCCCC1CNCCS1(O)O. The molecule has 1 aliphatic heterocycles. The highest BCUT2D eigenvalue weighted by atomic mass is 35.5. The molecule has 1 amide bonds. The molecule has 1 atom stereocenters. The lowest BCUT2D eigenvalue weighted by Crippen LogP contribution is -2.41. The summed E-state index contributed by atoms with van der Waals surface area (Å²) in [5.41, 5.74) is -0.355. The van der Waals surface area contributed by atoms with Gasteiger partial charge in [-0.15, -0.1) is 0 Å². The van der Waals surface area contributed by atoms with Crippen molar-refractivity contribution in [2.24, 2.45) is 0 Å². The molecule has 0 spiro atoms. The van der Waals surface area contributed by atoms with Gasteiger partial charge in [-0.3, -0.25) is 13.9 Å². The van der Waals surface area contributed by atoms with Crippen molar-refractivity contribution >= 4 is 33.8 Å². The predicted molar refractivity (Wildman–Crippen MR) is 145 cm³/mol. The first-order valence-corrected chi connectivity index (χ1v) is 14.2. The van der Waals surface area contributed by atoms with Gasteiger partial charge in [0.25, 0.3) is 0 Å². The number of halogens is 5. The Kier molecular flexibility index (Phi) is 9.27. The minimum atomic E-state index is -4.61. The van der Waals surface area contributed by atoms with Crippen molar-refractivity contribution in [1.82, 2.24) is 15.3 Å². The second-order valence-corrected chi connectivity index (χ2v) is 11.8. The van der Waals surface area contributed by atoms with Crippen LogP contribution in [0, 0.1) is 17.7 Å². The van der Waals surface area contributed by atoms with Gasteiger partial charge in [-0.25, -0.2) is 9.37 Å². The molecule has 40 heavy (non-hydrogen) atoms. The molecule has 0 saturated carbocycles. The van der Waals surface area contributed by atoms with E-state index in [1.807, 2.05) is 0 Å². The van der Waals surface area contributed by atoms with Crippen molar-refractivity contribution in [2.45, 2.75) is 24.3 Å². The fraction of sp³-hybridized carbons (Fsp3) is 0.308. The Morgan fingerprint density at radius 3 is 2.75 bits per heavy atom. The van der Waals surface area contributed by atoms with Crippen molar-refractivity contribution in [2.75, 3.05) is 30.8 Å². The van der Waals surface area contributed by atoms with Gasteiger partial charge in [0.2, 0.25) is 0 Å². The van der Waals surface area contributed by atoms with E-state index >= 15 is 0 Å². The number of carbonyl (C=O) groups is 1. The van der Waals surface area contributed by atoms with Gasteiger partial charge in [-0.2, -0.15) is 23.8 Å². The van der Waals surface area contributed by atoms with Gasteiger partial charge in [0.05, 0.1) is 34.5 Å². The number of imidazole rings is 1. The number of hydrogen-bond acceptors (Lipinski definition) is 6. The van der Waals surface area contributed by atoms with E-state index in [0.717, 1.165) is 6.07 Å². The van der Waals surface area contributed by atoms with Crippen molar-refractivity contribution in [3.05, 3.63) is 64.7 Å². The zero-order chi connectivity index (χ0) is 28.9. The lowest BCUT2D eigenvalue weighted by atomic mass is 10.1. The van der Waals surface area contributed by atoms with E-state index in [-0.39, 0.29) is 39.7 Å². The number of aromatic amines is 1. The molecular weight excluding hydrogens is 576 g/mol. The highest BCUT2D eigenvalue weighted by Gasteiger charge is 2.33. The highest BCUT2D eigenvalue weighted by Crippen LogP contribution is 2.47. The van der Waals surface area contributed by atoms with Gasteiger partial charge in [0.15, 0.2) is 0 Å². The first-order chi connectivity index (χ1) is 18.9. The smallest absolute Gasteiger partial charge is 0.432 e. The van der Waals surface area contributed by atoms with Crippen LogP contribution in [-0.4, -0.2) is 55.7 Å². The summed E-state index contributed by atoms with van der Waals surface area (Å²) < 4.78 is 78.8. The number of carbonyl (C=O) groups excluding carboxylic acids is 1. The molecule has 2 heterocycles. The summed E-state index contributed by atoms with van der Waals surface area (Å²) in [6.07, 6.45) is -2.97. The van der Waals surface area contributed by atoms with E-state index in [1.165, 1.54) is 30.3 Å². The quantitative estimate of drug-likeness (QED) is 0.134. The van der Waals surface area contributed by atoms with Crippen LogP contribution in [0.1, 0.15) is 24.1 Å². The van der Waals surface area contributed by atoms with E-state index in [2.05, 4.69) is 32.4 Å². The average molecular weight is 601 g/mol. The molecule has 0 aliphatic carbocycles. The minimum Gasteiger partial charge on any atom is -0.491 e. The van der Waals surface area contributed by atoms with Gasteiger partial charge in [0, 0.05) is 30.1 Å². The fourth-order valence-corrected chi connectivity index (χ4v) is 5.83. The number of H-pyrrole nitrogens is 1. The van der Waals surface area contributed by atoms with Crippen LogP contribution < -0.4 is 15.4 Å². The largest absolute Gasteiger partial charge is 0.491 e. The van der Waals surface area contributed by atoms with Crippen molar-refractivity contribution < 1.29 is 36.2 Å². The molecule has 1 aromatic heterocycles. The molecule has 8 nitrogen and oxygen atoms in total. The number of nitrogens with one attached hydrogen (secondary N) is 3. The Bertz CT molecular complexity index is 1440. The molecule has 4 rings (SSSR count). The standard InChI is InChI=1S/C26H25ClF4N4O4S/c27-19-12-16(3-6-20(19)28)4-8-24(36)34-21-13-17(25-33-15-23(35-25)26(29,30)31)5-7-22(21)39-10-1-2-18-14-32-9-11-40(18,37)38/h3,5-7,12-13,15,18,32,37-38H,1-2,9-11,14H2,(H,33,35)(H,34,36). The molecule has 1 aliphatic rings. The first kappa shape index (κ1) is 29.7. The molecule has 214 valence electrons. The zero-order valence-corrected chi connectivity index (χ0v) is 22.4. The molecule has 0 radical (unpaired) electrons. The van der Waals surface area contributed by atoms with E-state index < -0.39 is 34.2 Å². The first-order valence-electron chi connectivity index (χ1n) is 12.1. The zero-order valence-electron chi connectivity index (χ0n) is 20.8. The topological polar surface area (TPSA) is 120 Å². The van der Waals surface area contributed by atoms with Crippen molar-refractivity contribution in [1.29, 1.82) is 0 Å². The van der Waals surface area contributed by atoms with E-state index in [9.17, 15) is 31.5 Å². The van der Waals surface area contributed by atoms with Gasteiger partial charge >= 0.3 is 12.1 Å². The number of anilines is 1. The average Bonchev–Trinajstić information content (AvgIpc) is 3.40.